The number of urea groups is 1. The first-order valence-electron chi connectivity index (χ1n) is 18.4. The molecule has 2 aromatic carbocycles. The first-order chi connectivity index (χ1) is 25.5. The highest BCUT2D eigenvalue weighted by atomic mass is 16.5. The molecule has 1 aliphatic heterocycles. The number of benzene rings is 2. The number of methoxy groups -OCH3 is 1. The van der Waals surface area contributed by atoms with Gasteiger partial charge in [0.05, 0.1) is 19.3 Å². The molecule has 53 heavy (non-hydrogen) atoms. The van der Waals surface area contributed by atoms with Crippen molar-refractivity contribution in [1.29, 1.82) is 0 Å². The summed E-state index contributed by atoms with van der Waals surface area (Å²) in [5.74, 6) is -1.19. The number of ether oxygens (including phenoxy) is 1. The van der Waals surface area contributed by atoms with Gasteiger partial charge in [-0.3, -0.25) is 20.0 Å². The molecule has 0 saturated carbocycles. The summed E-state index contributed by atoms with van der Waals surface area (Å²) in [6.07, 6.45) is 3.11. The summed E-state index contributed by atoms with van der Waals surface area (Å²) in [6.45, 7) is 9.17. The van der Waals surface area contributed by atoms with Gasteiger partial charge in [-0.25, -0.2) is 14.6 Å². The number of carbonyl (C=O) groups is 4. The summed E-state index contributed by atoms with van der Waals surface area (Å²) in [6, 6.07) is 20.1. The Hall–Kier alpha value is -5.01. The molecule has 13 nitrogen and oxygen atoms in total. The number of rotatable bonds is 19. The van der Waals surface area contributed by atoms with E-state index in [9.17, 15) is 24.3 Å². The number of hydrogen-bond donors (Lipinski definition) is 4. The molecule has 0 radical (unpaired) electrons. The zero-order chi connectivity index (χ0) is 38.3. The van der Waals surface area contributed by atoms with E-state index < -0.39 is 36.2 Å². The van der Waals surface area contributed by atoms with Crippen molar-refractivity contribution in [3.63, 3.8) is 0 Å². The highest BCUT2D eigenvalue weighted by Gasteiger charge is 2.41. The van der Waals surface area contributed by atoms with E-state index in [1.807, 2.05) is 100 Å². The van der Waals surface area contributed by atoms with Crippen molar-refractivity contribution in [3.8, 4) is 0 Å². The largest absolute Gasteiger partial charge is 0.453 e. The summed E-state index contributed by atoms with van der Waals surface area (Å²) in [5.41, 5.74) is 5.61. The summed E-state index contributed by atoms with van der Waals surface area (Å²) in [4.78, 5) is 61.5. The van der Waals surface area contributed by atoms with Crippen molar-refractivity contribution in [2.24, 2.45) is 11.8 Å². The molecule has 1 unspecified atom stereocenters. The van der Waals surface area contributed by atoms with Crippen LogP contribution in [0.4, 0.5) is 9.59 Å². The maximum Gasteiger partial charge on any atom is 0.407 e. The van der Waals surface area contributed by atoms with E-state index in [-0.39, 0.29) is 36.9 Å². The quantitative estimate of drug-likeness (QED) is 0.134. The molecule has 0 aliphatic carbocycles. The Bertz CT molecular complexity index is 1600. The topological polar surface area (TPSA) is 156 Å². The van der Waals surface area contributed by atoms with Crippen LogP contribution >= 0.6 is 0 Å². The van der Waals surface area contributed by atoms with Crippen molar-refractivity contribution in [3.05, 3.63) is 102 Å². The average molecular weight is 730 g/mol. The van der Waals surface area contributed by atoms with E-state index >= 15 is 0 Å². The molecule has 1 aliphatic rings. The molecule has 1 saturated heterocycles. The molecule has 5 amide bonds. The van der Waals surface area contributed by atoms with Crippen LogP contribution in [0, 0.1) is 11.8 Å². The number of alkyl carbamates (subject to hydrolysis) is 1. The molecule has 4 N–H and O–H groups in total. The van der Waals surface area contributed by atoms with Gasteiger partial charge in [0.1, 0.15) is 12.1 Å². The van der Waals surface area contributed by atoms with Crippen molar-refractivity contribution in [2.45, 2.75) is 84.3 Å². The van der Waals surface area contributed by atoms with Gasteiger partial charge in [0.15, 0.2) is 0 Å². The Morgan fingerprint density at radius 1 is 0.868 bits per heavy atom. The lowest BCUT2D eigenvalue weighted by Gasteiger charge is -2.35. The van der Waals surface area contributed by atoms with Crippen LogP contribution in [0.5, 0.6) is 0 Å². The minimum atomic E-state index is -1.16. The first kappa shape index (κ1) is 40.8. The number of aromatic nitrogens is 1. The molecule has 286 valence electrons. The van der Waals surface area contributed by atoms with Crippen molar-refractivity contribution < 1.29 is 29.0 Å². The molecule has 3 aromatic rings. The second-order valence-corrected chi connectivity index (χ2v) is 13.8. The normalized spacial score (nSPS) is 16.3. The zero-order valence-corrected chi connectivity index (χ0v) is 31.5. The van der Waals surface area contributed by atoms with Crippen LogP contribution in [0.2, 0.25) is 0 Å². The summed E-state index contributed by atoms with van der Waals surface area (Å²) >= 11 is 0. The Morgan fingerprint density at radius 2 is 1.51 bits per heavy atom. The van der Waals surface area contributed by atoms with Crippen LogP contribution in [0.1, 0.15) is 57.2 Å². The van der Waals surface area contributed by atoms with Gasteiger partial charge >= 0.3 is 12.1 Å². The predicted octanol–water partition coefficient (Wildman–Crippen LogP) is 4.13. The van der Waals surface area contributed by atoms with Crippen LogP contribution < -0.4 is 16.1 Å². The van der Waals surface area contributed by atoms with E-state index in [1.165, 1.54) is 7.11 Å². The van der Waals surface area contributed by atoms with Crippen LogP contribution in [-0.4, -0.2) is 99.8 Å². The molecule has 4 rings (SSSR count). The zero-order valence-electron chi connectivity index (χ0n) is 31.5. The van der Waals surface area contributed by atoms with E-state index in [1.54, 1.807) is 27.2 Å². The lowest BCUT2D eigenvalue weighted by Crippen LogP contribution is -2.59. The van der Waals surface area contributed by atoms with Crippen molar-refractivity contribution in [2.75, 3.05) is 26.7 Å². The Morgan fingerprint density at radius 3 is 2.11 bits per heavy atom. The van der Waals surface area contributed by atoms with Gasteiger partial charge in [-0.15, -0.1) is 0 Å². The van der Waals surface area contributed by atoms with Crippen molar-refractivity contribution >= 4 is 23.9 Å². The Balaban J connectivity index is 1.58. The Labute approximate surface area is 313 Å². The minimum Gasteiger partial charge on any atom is -0.453 e. The van der Waals surface area contributed by atoms with Crippen LogP contribution in [0.3, 0.4) is 0 Å². The minimum absolute atomic E-state index is 0.0562. The highest BCUT2D eigenvalue weighted by molar-refractivity contribution is 5.88. The predicted molar refractivity (Wildman–Crippen MR) is 202 cm³/mol. The number of hydrazine groups is 1. The van der Waals surface area contributed by atoms with Crippen molar-refractivity contribution in [1.82, 2.24) is 35.9 Å². The van der Waals surface area contributed by atoms with Crippen LogP contribution in [0.25, 0.3) is 0 Å². The second-order valence-electron chi connectivity index (χ2n) is 13.8. The van der Waals surface area contributed by atoms with Gasteiger partial charge in [-0.2, -0.15) is 0 Å². The first-order valence-corrected chi connectivity index (χ1v) is 18.4. The molecular weight excluding hydrogens is 674 g/mol. The molecule has 1 fully saturated rings. The SMILES string of the molecule is CC[C@H](C)C(NC(=O)OC)C(=O)NN(Cc1ccccc1)C[C@H](O)[C@H](Cc1ccccc1)NC(=O)[C@H]([C@@H](C)CC)N1CCN(Cc2cccnc2)C1=O. The number of nitrogens with zero attached hydrogens (tertiary/aromatic N) is 4. The molecule has 13 heteroatoms. The number of hydrogen-bond acceptors (Lipinski definition) is 8. The fourth-order valence-corrected chi connectivity index (χ4v) is 6.49. The van der Waals surface area contributed by atoms with E-state index in [0.29, 0.717) is 38.9 Å². The third-order valence-electron chi connectivity index (χ3n) is 9.95. The smallest absolute Gasteiger partial charge is 0.407 e. The number of nitrogens with one attached hydrogen (secondary N) is 3. The highest BCUT2D eigenvalue weighted by Crippen LogP contribution is 2.23. The number of amides is 5. The van der Waals surface area contributed by atoms with E-state index in [2.05, 4.69) is 21.0 Å². The van der Waals surface area contributed by atoms with Crippen LogP contribution in [-0.2, 0) is 33.8 Å². The molecule has 2 heterocycles. The molecule has 1 aromatic heterocycles. The number of aliphatic hydroxyl groups is 1. The number of aliphatic hydroxyl groups excluding tert-OH is 1. The van der Waals surface area contributed by atoms with Crippen LogP contribution in [0.15, 0.2) is 85.2 Å². The lowest BCUT2D eigenvalue weighted by atomic mass is 9.95. The summed E-state index contributed by atoms with van der Waals surface area (Å²) in [5, 5.41) is 19.3. The molecule has 6 atom stereocenters. The summed E-state index contributed by atoms with van der Waals surface area (Å²) < 4.78 is 4.78. The van der Waals surface area contributed by atoms with Gasteiger partial charge in [0.25, 0.3) is 5.91 Å². The molecule has 0 bridgehead atoms. The fraction of sp³-hybridized carbons (Fsp3) is 0.475. The standard InChI is InChI=1S/C40H55N7O6/c1-6-28(3)35(43-39(51)53-5)37(49)44-46(26-31-17-12-9-13-18-31)27-34(48)33(23-30-15-10-8-11-16-30)42-38(50)36(29(4)7-2)47-22-21-45(40(47)52)25-32-19-14-20-41-24-32/h8-20,24,28-29,33-36,48H,6-7,21-23,25-27H2,1-5H3,(H,42,50)(H,43,51)(H,44,49)/t28-,29-,33-,34-,35?,36-/m0/s1. The maximum atomic E-state index is 14.3. The summed E-state index contributed by atoms with van der Waals surface area (Å²) in [7, 11) is 1.24. The van der Waals surface area contributed by atoms with Gasteiger partial charge in [-0.1, -0.05) is 107 Å². The van der Waals surface area contributed by atoms with Gasteiger partial charge in [0, 0.05) is 45.1 Å². The average Bonchev–Trinajstić information content (AvgIpc) is 3.52. The fourth-order valence-electron chi connectivity index (χ4n) is 6.49. The van der Waals surface area contributed by atoms with E-state index in [4.69, 9.17) is 4.74 Å². The number of carbonyl (C=O) groups excluding carboxylic acids is 4. The maximum absolute atomic E-state index is 14.3. The third kappa shape index (κ3) is 11.7. The third-order valence-corrected chi connectivity index (χ3v) is 9.95. The van der Waals surface area contributed by atoms with E-state index in [0.717, 1.165) is 16.7 Å². The Kier molecular flexibility index (Phi) is 15.6. The monoisotopic (exact) mass is 729 g/mol. The number of pyridine rings is 1. The lowest BCUT2D eigenvalue weighted by molar-refractivity contribution is -0.132. The molecule has 0 spiro atoms. The molecular formula is C40H55N7O6. The second kappa shape index (κ2) is 20.3. The van der Waals surface area contributed by atoms with Gasteiger partial charge in [-0.05, 0) is 41.0 Å². The van der Waals surface area contributed by atoms with Gasteiger partial charge < -0.3 is 30.3 Å². The van der Waals surface area contributed by atoms with Gasteiger partial charge in [0.2, 0.25) is 5.91 Å².